The van der Waals surface area contributed by atoms with Crippen LogP contribution in [0, 0.1) is 17.1 Å². The number of ether oxygens (including phenoxy) is 2. The topological polar surface area (TPSA) is 125 Å². The number of nitrogens with two attached hydrogens (primary N) is 1. The van der Waals surface area contributed by atoms with E-state index in [1.54, 1.807) is 19.4 Å². The lowest BCUT2D eigenvalue weighted by atomic mass is 9.95. The second-order valence-electron chi connectivity index (χ2n) is 12.1. The lowest BCUT2D eigenvalue weighted by molar-refractivity contribution is 0.107. The number of nitrogen functional groups attached to an aromatic ring is 1. The van der Waals surface area contributed by atoms with Gasteiger partial charge in [0, 0.05) is 50.3 Å². The van der Waals surface area contributed by atoms with E-state index < -0.39 is 12.0 Å². The van der Waals surface area contributed by atoms with E-state index in [0.717, 1.165) is 43.7 Å². The van der Waals surface area contributed by atoms with Crippen LogP contribution in [-0.4, -0.2) is 90.7 Å². The fourth-order valence-electron chi connectivity index (χ4n) is 7.41. The fourth-order valence-corrected chi connectivity index (χ4v) is 8.66. The van der Waals surface area contributed by atoms with Crippen LogP contribution in [0.3, 0.4) is 0 Å². The molecule has 0 bridgehead atoms. The van der Waals surface area contributed by atoms with Gasteiger partial charge in [-0.05, 0) is 44.5 Å². The third-order valence-electron chi connectivity index (χ3n) is 9.55. The Morgan fingerprint density at radius 3 is 3.00 bits per heavy atom. The van der Waals surface area contributed by atoms with Crippen molar-refractivity contribution in [3.8, 4) is 23.3 Å². The standard InChI is InChI=1S/C31H33ClF2N8O2S/c1-41(22-6-8-37-21(22)14-43-2)29-19-12-38-25(17-4-5-20(34)27-23(17)18(11-35)28(36)45-27)24(32)26(19)39-30(40-29)44-15-31-7-3-9-42(31)13-16(33)10-31/h4-5,12,16,21-22,37H,3,6-10,13-15,36H2,1-2H3/t16-,21-,22-,31+/m1/s1. The van der Waals surface area contributed by atoms with E-state index in [1.165, 1.54) is 6.07 Å². The van der Waals surface area contributed by atoms with Gasteiger partial charge in [-0.3, -0.25) is 9.88 Å². The van der Waals surface area contributed by atoms with Crippen LogP contribution < -0.4 is 20.7 Å². The molecule has 0 amide bonds. The molecular formula is C31H33ClF2N8O2S. The monoisotopic (exact) mass is 654 g/mol. The van der Waals surface area contributed by atoms with Gasteiger partial charge in [0.1, 0.15) is 41.0 Å². The summed E-state index contributed by atoms with van der Waals surface area (Å²) in [4.78, 5) is 18.6. The lowest BCUT2D eigenvalue weighted by Gasteiger charge is -2.32. The zero-order valence-electron chi connectivity index (χ0n) is 24.9. The summed E-state index contributed by atoms with van der Waals surface area (Å²) < 4.78 is 41.4. The summed E-state index contributed by atoms with van der Waals surface area (Å²) in [6, 6.07) is 5.24. The number of nitrogens with one attached hydrogen (secondary N) is 1. The molecule has 4 atom stereocenters. The number of nitrogens with zero attached hydrogens (tertiary/aromatic N) is 6. The third-order valence-corrected chi connectivity index (χ3v) is 10.9. The van der Waals surface area contributed by atoms with Gasteiger partial charge >= 0.3 is 6.01 Å². The number of fused-ring (bicyclic) bond motifs is 3. The highest BCUT2D eigenvalue weighted by atomic mass is 35.5. The first-order chi connectivity index (χ1) is 21.7. The number of nitriles is 1. The lowest BCUT2D eigenvalue weighted by Crippen LogP contribution is -2.45. The number of thiophene rings is 1. The van der Waals surface area contributed by atoms with E-state index in [1.807, 2.05) is 7.05 Å². The molecule has 1 aromatic carbocycles. The van der Waals surface area contributed by atoms with Gasteiger partial charge in [-0.2, -0.15) is 15.2 Å². The van der Waals surface area contributed by atoms with Crippen LogP contribution in [-0.2, 0) is 4.74 Å². The molecule has 45 heavy (non-hydrogen) atoms. The van der Waals surface area contributed by atoms with Gasteiger partial charge in [0.15, 0.2) is 0 Å². The Hall–Kier alpha value is -3.41. The zero-order chi connectivity index (χ0) is 31.5. The van der Waals surface area contributed by atoms with Gasteiger partial charge in [0.25, 0.3) is 0 Å². The quantitative estimate of drug-likeness (QED) is 0.270. The summed E-state index contributed by atoms with van der Waals surface area (Å²) in [5, 5.41) is 14.7. The maximum atomic E-state index is 14.8. The van der Waals surface area contributed by atoms with E-state index in [4.69, 9.17) is 41.8 Å². The smallest absolute Gasteiger partial charge is 0.319 e. The molecule has 6 heterocycles. The van der Waals surface area contributed by atoms with Gasteiger partial charge in [0.05, 0.1) is 44.6 Å². The van der Waals surface area contributed by atoms with Gasteiger partial charge < -0.3 is 25.4 Å². The van der Waals surface area contributed by atoms with Crippen LogP contribution in [0.4, 0.5) is 19.6 Å². The van der Waals surface area contributed by atoms with Crippen molar-refractivity contribution in [1.29, 1.82) is 5.26 Å². The van der Waals surface area contributed by atoms with E-state index in [9.17, 15) is 14.0 Å². The van der Waals surface area contributed by atoms with Gasteiger partial charge in [-0.25, -0.2) is 8.78 Å². The maximum absolute atomic E-state index is 14.8. The zero-order valence-corrected chi connectivity index (χ0v) is 26.5. The molecule has 0 saturated carbocycles. The first-order valence-corrected chi connectivity index (χ1v) is 16.2. The molecule has 3 saturated heterocycles. The molecule has 0 unspecified atom stereocenters. The number of hydrogen-bond acceptors (Lipinski definition) is 11. The van der Waals surface area contributed by atoms with Crippen molar-refractivity contribution in [2.24, 2.45) is 0 Å². The number of aromatic nitrogens is 3. The Bertz CT molecular complexity index is 1840. The van der Waals surface area contributed by atoms with Gasteiger partial charge in [-0.15, -0.1) is 11.3 Å². The molecule has 0 aliphatic carbocycles. The summed E-state index contributed by atoms with van der Waals surface area (Å²) >= 11 is 8.13. The van der Waals surface area contributed by atoms with Crippen LogP contribution in [0.15, 0.2) is 18.3 Å². The molecule has 236 valence electrons. The van der Waals surface area contributed by atoms with Crippen molar-refractivity contribution in [1.82, 2.24) is 25.2 Å². The molecule has 3 fully saturated rings. The molecule has 3 N–H and O–H groups in total. The Morgan fingerprint density at radius 1 is 1.36 bits per heavy atom. The fraction of sp³-hybridized carbons (Fsp3) is 0.484. The van der Waals surface area contributed by atoms with Crippen LogP contribution in [0.1, 0.15) is 31.2 Å². The van der Waals surface area contributed by atoms with Crippen LogP contribution >= 0.6 is 22.9 Å². The Balaban J connectivity index is 1.36. The number of benzene rings is 1. The number of halogens is 3. The molecule has 4 aromatic rings. The Labute approximate surface area is 268 Å². The van der Waals surface area contributed by atoms with E-state index >= 15 is 0 Å². The molecular weight excluding hydrogens is 622 g/mol. The predicted molar refractivity (Wildman–Crippen MR) is 171 cm³/mol. The van der Waals surface area contributed by atoms with Crippen LogP contribution in [0.5, 0.6) is 6.01 Å². The van der Waals surface area contributed by atoms with Crippen LogP contribution in [0.2, 0.25) is 5.02 Å². The number of likely N-dealkylation sites (N-methyl/N-ethyl adjacent to an activating group) is 1. The summed E-state index contributed by atoms with van der Waals surface area (Å²) in [7, 11) is 3.64. The molecule has 0 radical (unpaired) electrons. The van der Waals surface area contributed by atoms with Crippen molar-refractivity contribution in [3.05, 3.63) is 34.7 Å². The third kappa shape index (κ3) is 5.03. The van der Waals surface area contributed by atoms with Gasteiger partial charge in [-0.1, -0.05) is 11.6 Å². The molecule has 0 spiro atoms. The average Bonchev–Trinajstić information content (AvgIpc) is 3.79. The highest BCUT2D eigenvalue weighted by Gasteiger charge is 2.49. The van der Waals surface area contributed by atoms with E-state index in [0.29, 0.717) is 52.9 Å². The molecule has 3 aromatic heterocycles. The van der Waals surface area contributed by atoms with Crippen LogP contribution in [0.25, 0.3) is 32.2 Å². The minimum absolute atomic E-state index is 0.0593. The molecule has 7 rings (SSSR count). The van der Waals surface area contributed by atoms with E-state index in [2.05, 4.69) is 21.2 Å². The van der Waals surface area contributed by atoms with Crippen molar-refractivity contribution < 1.29 is 18.3 Å². The number of rotatable bonds is 8. The first kappa shape index (κ1) is 30.3. The SMILES string of the molecule is COC[C@H]1NCC[C@H]1N(C)c1nc(OC[C@@]23CCCN2C[C@H](F)C3)nc2c(Cl)c(-c3ccc(F)c4sc(N)c(C#N)c34)ncc12. The van der Waals surface area contributed by atoms with Crippen molar-refractivity contribution in [2.45, 2.75) is 49.5 Å². The highest BCUT2D eigenvalue weighted by molar-refractivity contribution is 7.23. The number of anilines is 2. The maximum Gasteiger partial charge on any atom is 0.319 e. The summed E-state index contributed by atoms with van der Waals surface area (Å²) in [6.07, 6.45) is 3.88. The number of methoxy groups -OCH3 is 1. The summed E-state index contributed by atoms with van der Waals surface area (Å²) in [5.74, 6) is 0.104. The van der Waals surface area contributed by atoms with Crippen molar-refractivity contribution in [3.63, 3.8) is 0 Å². The molecule has 3 aliphatic rings. The number of hydrogen-bond donors (Lipinski definition) is 2. The normalized spacial score (nSPS) is 24.8. The average molecular weight is 655 g/mol. The Morgan fingerprint density at radius 2 is 2.20 bits per heavy atom. The summed E-state index contributed by atoms with van der Waals surface area (Å²) in [6.45, 7) is 2.87. The van der Waals surface area contributed by atoms with E-state index in [-0.39, 0.29) is 50.5 Å². The Kier molecular flexibility index (Phi) is 7.90. The summed E-state index contributed by atoms with van der Waals surface area (Å²) in [5.41, 5.74) is 7.09. The largest absolute Gasteiger partial charge is 0.461 e. The minimum atomic E-state index is -0.888. The second kappa shape index (κ2) is 11.7. The molecule has 3 aliphatic heterocycles. The van der Waals surface area contributed by atoms with Gasteiger partial charge in [0.2, 0.25) is 0 Å². The minimum Gasteiger partial charge on any atom is -0.461 e. The number of alkyl halides is 1. The molecule has 14 heteroatoms. The number of pyridine rings is 1. The predicted octanol–water partition coefficient (Wildman–Crippen LogP) is 4.92. The molecule has 10 nitrogen and oxygen atoms in total. The van der Waals surface area contributed by atoms with Crippen molar-refractivity contribution >= 4 is 54.7 Å². The van der Waals surface area contributed by atoms with Crippen molar-refractivity contribution in [2.75, 3.05) is 57.6 Å². The second-order valence-corrected chi connectivity index (χ2v) is 13.5. The highest BCUT2D eigenvalue weighted by Crippen LogP contribution is 2.45. The first-order valence-electron chi connectivity index (χ1n) is 15.0.